The zero-order valence-corrected chi connectivity index (χ0v) is 12.3. The minimum absolute atomic E-state index is 0.0698. The Labute approximate surface area is 120 Å². The Morgan fingerprint density at radius 2 is 1.95 bits per heavy atom. The van der Waals surface area contributed by atoms with Gasteiger partial charge in [0.1, 0.15) is 0 Å². The fourth-order valence-corrected chi connectivity index (χ4v) is 2.17. The monoisotopic (exact) mass is 321 g/mol. The average Bonchev–Trinajstić information content (AvgIpc) is 2.43. The van der Waals surface area contributed by atoms with E-state index in [0.29, 0.717) is 12.1 Å². The number of aliphatic hydroxyl groups is 1. The maximum Gasteiger partial charge on any atom is 0.251 e. The molecule has 19 heavy (non-hydrogen) atoms. The van der Waals surface area contributed by atoms with Crippen molar-refractivity contribution in [3.63, 3.8) is 0 Å². The predicted octanol–water partition coefficient (Wildman–Crippen LogP) is 2.96. The van der Waals surface area contributed by atoms with E-state index >= 15 is 0 Å². The number of fused-ring (bicyclic) bond motifs is 1. The molecule has 2 N–H and O–H groups in total. The predicted molar refractivity (Wildman–Crippen MR) is 80.2 cm³/mol. The Bertz CT molecular complexity index is 598. The number of nitrogens with one attached hydrogen (secondary N) is 1. The number of carbonyl (C=O) groups excluding carboxylic acids is 1. The molecule has 0 aromatic heterocycles. The Morgan fingerprint density at radius 3 is 2.68 bits per heavy atom. The van der Waals surface area contributed by atoms with Gasteiger partial charge in [0.2, 0.25) is 0 Å². The molecule has 2 aromatic carbocycles. The van der Waals surface area contributed by atoms with Crippen LogP contribution in [-0.2, 0) is 0 Å². The molecule has 2 aromatic rings. The van der Waals surface area contributed by atoms with Crippen molar-refractivity contribution in [2.75, 3.05) is 13.2 Å². The Kier molecular flexibility index (Phi) is 4.56. The molecule has 0 fully saturated rings. The van der Waals surface area contributed by atoms with E-state index in [0.717, 1.165) is 15.2 Å². The minimum atomic E-state index is -0.106. The summed E-state index contributed by atoms with van der Waals surface area (Å²) in [4.78, 5) is 12.0. The second-order valence-electron chi connectivity index (χ2n) is 4.70. The van der Waals surface area contributed by atoms with Crippen molar-refractivity contribution in [1.29, 1.82) is 0 Å². The summed E-state index contributed by atoms with van der Waals surface area (Å²) in [5, 5.41) is 13.9. The van der Waals surface area contributed by atoms with Crippen LogP contribution in [0.15, 0.2) is 40.9 Å². The van der Waals surface area contributed by atoms with E-state index in [1.807, 2.05) is 43.3 Å². The van der Waals surface area contributed by atoms with Crippen LogP contribution in [-0.4, -0.2) is 24.2 Å². The number of benzene rings is 2. The second kappa shape index (κ2) is 6.17. The molecule has 0 bridgehead atoms. The summed E-state index contributed by atoms with van der Waals surface area (Å²) in [5.41, 5.74) is 0.639. The van der Waals surface area contributed by atoms with Crippen LogP contribution >= 0.6 is 15.9 Å². The summed E-state index contributed by atoms with van der Waals surface area (Å²) in [6, 6.07) is 11.6. The van der Waals surface area contributed by atoms with Crippen LogP contribution < -0.4 is 5.32 Å². The van der Waals surface area contributed by atoms with Crippen molar-refractivity contribution < 1.29 is 9.90 Å². The van der Waals surface area contributed by atoms with Crippen LogP contribution in [0.4, 0.5) is 0 Å². The van der Waals surface area contributed by atoms with E-state index in [9.17, 15) is 4.79 Å². The molecule has 0 aliphatic carbocycles. The quantitative estimate of drug-likeness (QED) is 0.909. The molecule has 0 saturated heterocycles. The van der Waals surface area contributed by atoms with E-state index in [-0.39, 0.29) is 18.4 Å². The maximum absolute atomic E-state index is 12.0. The summed E-state index contributed by atoms with van der Waals surface area (Å²) in [5.74, 6) is -0.0366. The van der Waals surface area contributed by atoms with Crippen LogP contribution in [0.5, 0.6) is 0 Å². The zero-order chi connectivity index (χ0) is 13.8. The minimum Gasteiger partial charge on any atom is -0.396 e. The van der Waals surface area contributed by atoms with Gasteiger partial charge in [-0.15, -0.1) is 0 Å². The molecule has 0 aliphatic heterocycles. The summed E-state index contributed by atoms with van der Waals surface area (Å²) in [6.45, 7) is 2.44. The first kappa shape index (κ1) is 14.0. The molecular weight excluding hydrogens is 306 g/mol. The van der Waals surface area contributed by atoms with Gasteiger partial charge in [0, 0.05) is 23.2 Å². The van der Waals surface area contributed by atoms with Gasteiger partial charge in [0.15, 0.2) is 0 Å². The Hall–Kier alpha value is -1.39. The number of amides is 1. The lowest BCUT2D eigenvalue weighted by Crippen LogP contribution is -2.29. The maximum atomic E-state index is 12.0. The van der Waals surface area contributed by atoms with E-state index in [1.54, 1.807) is 0 Å². The molecule has 1 unspecified atom stereocenters. The first-order chi connectivity index (χ1) is 9.10. The molecule has 2 rings (SSSR count). The van der Waals surface area contributed by atoms with E-state index in [1.165, 1.54) is 0 Å². The van der Waals surface area contributed by atoms with Crippen molar-refractivity contribution in [3.05, 3.63) is 46.4 Å². The van der Waals surface area contributed by atoms with Crippen LogP contribution in [0.2, 0.25) is 0 Å². The highest BCUT2D eigenvalue weighted by atomic mass is 79.9. The van der Waals surface area contributed by atoms with Gasteiger partial charge in [-0.3, -0.25) is 4.79 Å². The van der Waals surface area contributed by atoms with Gasteiger partial charge in [-0.2, -0.15) is 0 Å². The topological polar surface area (TPSA) is 49.3 Å². The molecule has 1 amide bonds. The first-order valence-corrected chi connectivity index (χ1v) is 6.98. The lowest BCUT2D eigenvalue weighted by atomic mass is 10.1. The number of rotatable bonds is 4. The molecule has 100 valence electrons. The van der Waals surface area contributed by atoms with Gasteiger partial charge in [-0.25, -0.2) is 0 Å². The third-order valence-electron chi connectivity index (χ3n) is 2.99. The molecule has 4 heteroatoms. The largest absolute Gasteiger partial charge is 0.396 e. The van der Waals surface area contributed by atoms with Crippen molar-refractivity contribution in [3.8, 4) is 0 Å². The van der Waals surface area contributed by atoms with Crippen molar-refractivity contribution in [2.45, 2.75) is 6.92 Å². The van der Waals surface area contributed by atoms with Crippen molar-refractivity contribution in [1.82, 2.24) is 5.32 Å². The highest BCUT2D eigenvalue weighted by Gasteiger charge is 2.08. The number of carbonyl (C=O) groups is 1. The molecular formula is C15H16BrNO2. The zero-order valence-electron chi connectivity index (χ0n) is 10.7. The fraction of sp³-hybridized carbons (Fsp3) is 0.267. The molecule has 1 atom stereocenters. The summed E-state index contributed by atoms with van der Waals surface area (Å²) >= 11 is 3.43. The van der Waals surface area contributed by atoms with Gasteiger partial charge in [-0.1, -0.05) is 35.0 Å². The lowest BCUT2D eigenvalue weighted by Gasteiger charge is -2.10. The molecule has 0 heterocycles. The highest BCUT2D eigenvalue weighted by molar-refractivity contribution is 9.10. The van der Waals surface area contributed by atoms with Gasteiger partial charge in [0.25, 0.3) is 5.91 Å². The lowest BCUT2D eigenvalue weighted by molar-refractivity contribution is 0.0942. The van der Waals surface area contributed by atoms with Crippen LogP contribution in [0.25, 0.3) is 10.8 Å². The normalized spacial score (nSPS) is 12.4. The van der Waals surface area contributed by atoms with Crippen molar-refractivity contribution >= 4 is 32.6 Å². The van der Waals surface area contributed by atoms with Crippen LogP contribution in [0.1, 0.15) is 17.3 Å². The van der Waals surface area contributed by atoms with Crippen LogP contribution in [0.3, 0.4) is 0 Å². The smallest absolute Gasteiger partial charge is 0.251 e. The molecule has 0 spiro atoms. The number of hydrogen-bond acceptors (Lipinski definition) is 2. The number of aliphatic hydroxyl groups excluding tert-OH is 1. The molecule has 0 aliphatic rings. The van der Waals surface area contributed by atoms with E-state index in [2.05, 4.69) is 21.2 Å². The third kappa shape index (κ3) is 3.55. The first-order valence-electron chi connectivity index (χ1n) is 6.18. The number of halogens is 1. The van der Waals surface area contributed by atoms with Crippen molar-refractivity contribution in [2.24, 2.45) is 5.92 Å². The summed E-state index contributed by atoms with van der Waals surface area (Å²) < 4.78 is 1.02. The fourth-order valence-electron chi connectivity index (χ4n) is 1.79. The second-order valence-corrected chi connectivity index (χ2v) is 5.62. The Morgan fingerprint density at radius 1 is 1.26 bits per heavy atom. The van der Waals surface area contributed by atoms with Gasteiger partial charge in [0.05, 0.1) is 0 Å². The standard InChI is InChI=1S/C15H16BrNO2/c1-10(9-18)8-17-15(19)13-3-2-12-7-14(16)5-4-11(12)6-13/h2-7,10,18H,8-9H2,1H3,(H,17,19). The molecule has 0 saturated carbocycles. The van der Waals surface area contributed by atoms with Gasteiger partial charge in [-0.05, 0) is 41.0 Å². The van der Waals surface area contributed by atoms with E-state index < -0.39 is 0 Å². The Balaban J connectivity index is 2.16. The summed E-state index contributed by atoms with van der Waals surface area (Å²) in [7, 11) is 0. The van der Waals surface area contributed by atoms with Gasteiger partial charge < -0.3 is 10.4 Å². The SMILES string of the molecule is CC(CO)CNC(=O)c1ccc2cc(Br)ccc2c1. The molecule has 3 nitrogen and oxygen atoms in total. The molecule has 0 radical (unpaired) electrons. The van der Waals surface area contributed by atoms with E-state index in [4.69, 9.17) is 5.11 Å². The number of hydrogen-bond donors (Lipinski definition) is 2. The van der Waals surface area contributed by atoms with Crippen LogP contribution in [0, 0.1) is 5.92 Å². The third-order valence-corrected chi connectivity index (χ3v) is 3.48. The van der Waals surface area contributed by atoms with Gasteiger partial charge >= 0.3 is 0 Å². The highest BCUT2D eigenvalue weighted by Crippen LogP contribution is 2.20. The average molecular weight is 322 g/mol. The summed E-state index contributed by atoms with van der Waals surface area (Å²) in [6.07, 6.45) is 0.